The van der Waals surface area contributed by atoms with Crippen LogP contribution >= 0.6 is 7.14 Å². The van der Waals surface area contributed by atoms with E-state index in [9.17, 15) is 9.36 Å². The first-order valence-corrected chi connectivity index (χ1v) is 6.60. The fraction of sp³-hybridized carbons (Fsp3) is 0.222. The van der Waals surface area contributed by atoms with Crippen LogP contribution in [0.1, 0.15) is 10.4 Å². The molecule has 0 fully saturated rings. The topological polar surface area (TPSA) is 80.4 Å². The van der Waals surface area contributed by atoms with Crippen LogP contribution in [0.5, 0.6) is 0 Å². The van der Waals surface area contributed by atoms with Crippen LogP contribution < -0.4 is 11.0 Å². The summed E-state index contributed by atoms with van der Waals surface area (Å²) in [4.78, 5) is 10.7. The van der Waals surface area contributed by atoms with Crippen LogP contribution in [0.15, 0.2) is 18.2 Å². The summed E-state index contributed by atoms with van der Waals surface area (Å²) in [6, 6.07) is 4.30. The maximum atomic E-state index is 11.7. The Balaban J connectivity index is 3.35. The Bertz CT molecular complexity index is 422. The highest BCUT2D eigenvalue weighted by atomic mass is 31.2. The number of nitrogens with two attached hydrogens (primary N) is 1. The Morgan fingerprint density at radius 1 is 1.36 bits per heavy atom. The number of anilines is 1. The Hall–Kier alpha value is -1.28. The van der Waals surface area contributed by atoms with Gasteiger partial charge in [0, 0.05) is 11.0 Å². The van der Waals surface area contributed by atoms with Crippen molar-refractivity contribution in [2.75, 3.05) is 19.1 Å². The number of aromatic carboxylic acids is 1. The SMILES string of the molecule is CP(C)(=O)c1cc(N)cc(C(=O)O)c1. The normalized spacial score (nSPS) is 11.3. The molecule has 0 aliphatic rings. The second-order valence-electron chi connectivity index (χ2n) is 3.47. The van der Waals surface area contributed by atoms with E-state index >= 15 is 0 Å². The van der Waals surface area contributed by atoms with Gasteiger partial charge in [-0.05, 0) is 31.5 Å². The molecule has 4 nitrogen and oxygen atoms in total. The number of rotatable bonds is 2. The molecule has 0 saturated heterocycles. The number of benzene rings is 1. The van der Waals surface area contributed by atoms with Gasteiger partial charge in [-0.25, -0.2) is 4.79 Å². The average molecular weight is 213 g/mol. The first-order chi connectivity index (χ1) is 6.30. The fourth-order valence-corrected chi connectivity index (χ4v) is 1.98. The molecule has 0 unspecified atom stereocenters. The summed E-state index contributed by atoms with van der Waals surface area (Å²) >= 11 is 0. The van der Waals surface area contributed by atoms with Crippen molar-refractivity contribution in [3.05, 3.63) is 23.8 Å². The molecular weight excluding hydrogens is 201 g/mol. The Labute approximate surface area is 82.1 Å². The third kappa shape index (κ3) is 2.36. The third-order valence-corrected chi connectivity index (χ3v) is 3.31. The predicted molar refractivity (Wildman–Crippen MR) is 56.9 cm³/mol. The highest BCUT2D eigenvalue weighted by Gasteiger charge is 2.14. The molecule has 0 atom stereocenters. The van der Waals surface area contributed by atoms with Gasteiger partial charge < -0.3 is 15.4 Å². The van der Waals surface area contributed by atoms with Crippen molar-refractivity contribution in [1.82, 2.24) is 0 Å². The molecule has 0 aliphatic heterocycles. The molecule has 1 aromatic carbocycles. The highest BCUT2D eigenvalue weighted by molar-refractivity contribution is 7.70. The zero-order valence-corrected chi connectivity index (χ0v) is 8.91. The van der Waals surface area contributed by atoms with E-state index in [1.54, 1.807) is 19.4 Å². The lowest BCUT2D eigenvalue weighted by molar-refractivity contribution is 0.0697. The standard InChI is InChI=1S/C9H12NO3P/c1-14(2,13)8-4-6(9(11)12)3-7(10)5-8/h3-5H,10H2,1-2H3,(H,11,12). The fourth-order valence-electron chi connectivity index (χ4n) is 1.07. The lowest BCUT2D eigenvalue weighted by Crippen LogP contribution is -2.09. The van der Waals surface area contributed by atoms with Gasteiger partial charge >= 0.3 is 5.97 Å². The molecular formula is C9H12NO3P. The molecule has 3 N–H and O–H groups in total. The zero-order chi connectivity index (χ0) is 10.9. The van der Waals surface area contributed by atoms with Crippen molar-refractivity contribution < 1.29 is 14.5 Å². The summed E-state index contributed by atoms with van der Waals surface area (Å²) in [7, 11) is -2.45. The summed E-state index contributed by atoms with van der Waals surface area (Å²) in [5.74, 6) is -1.06. The minimum absolute atomic E-state index is 0.0731. The van der Waals surface area contributed by atoms with E-state index in [-0.39, 0.29) is 5.56 Å². The van der Waals surface area contributed by atoms with Gasteiger partial charge in [0.25, 0.3) is 0 Å². The van der Waals surface area contributed by atoms with Crippen LogP contribution in [0.25, 0.3) is 0 Å². The molecule has 0 aliphatic carbocycles. The predicted octanol–water partition coefficient (Wildman–Crippen LogP) is 1.22. The van der Waals surface area contributed by atoms with Gasteiger partial charge in [0.1, 0.15) is 7.14 Å². The molecule has 0 radical (unpaired) electrons. The minimum atomic E-state index is -2.45. The molecule has 0 spiro atoms. The van der Waals surface area contributed by atoms with Crippen molar-refractivity contribution in [3.63, 3.8) is 0 Å². The van der Waals surface area contributed by atoms with Crippen molar-refractivity contribution in [3.8, 4) is 0 Å². The van der Waals surface area contributed by atoms with E-state index in [1.165, 1.54) is 12.1 Å². The van der Waals surface area contributed by atoms with Crippen LogP contribution in [0.3, 0.4) is 0 Å². The van der Waals surface area contributed by atoms with E-state index in [2.05, 4.69) is 0 Å². The molecule has 0 saturated carbocycles. The lowest BCUT2D eigenvalue weighted by atomic mass is 10.2. The van der Waals surface area contributed by atoms with Crippen LogP contribution in [0.2, 0.25) is 0 Å². The molecule has 1 rings (SSSR count). The second kappa shape index (κ2) is 3.46. The Morgan fingerprint density at radius 2 is 1.93 bits per heavy atom. The van der Waals surface area contributed by atoms with Gasteiger partial charge in [0.15, 0.2) is 0 Å². The van der Waals surface area contributed by atoms with Crippen molar-refractivity contribution in [1.29, 1.82) is 0 Å². The van der Waals surface area contributed by atoms with E-state index < -0.39 is 13.1 Å². The molecule has 0 amide bonds. The first-order valence-electron chi connectivity index (χ1n) is 4.00. The number of carboxylic acid groups (broad SMARTS) is 1. The number of carbonyl (C=O) groups is 1. The van der Waals surface area contributed by atoms with Gasteiger partial charge in [-0.2, -0.15) is 0 Å². The van der Waals surface area contributed by atoms with Gasteiger partial charge in [-0.1, -0.05) is 0 Å². The van der Waals surface area contributed by atoms with Crippen LogP contribution in [-0.2, 0) is 4.57 Å². The first kappa shape index (κ1) is 10.8. The second-order valence-corrected chi connectivity index (χ2v) is 6.69. The van der Waals surface area contributed by atoms with E-state index in [0.717, 1.165) is 0 Å². The van der Waals surface area contributed by atoms with Gasteiger partial charge in [0.2, 0.25) is 0 Å². The number of nitrogen functional groups attached to an aromatic ring is 1. The molecule has 76 valence electrons. The van der Waals surface area contributed by atoms with E-state index in [1.807, 2.05) is 0 Å². The highest BCUT2D eigenvalue weighted by Crippen LogP contribution is 2.35. The van der Waals surface area contributed by atoms with Gasteiger partial charge in [-0.15, -0.1) is 0 Å². The quantitative estimate of drug-likeness (QED) is 0.571. The van der Waals surface area contributed by atoms with Crippen LogP contribution in [0, 0.1) is 0 Å². The lowest BCUT2D eigenvalue weighted by Gasteiger charge is -2.08. The monoisotopic (exact) mass is 213 g/mol. The van der Waals surface area contributed by atoms with Gasteiger partial charge in [0.05, 0.1) is 5.56 Å². The number of hydrogen-bond acceptors (Lipinski definition) is 3. The van der Waals surface area contributed by atoms with Crippen LogP contribution in [0.4, 0.5) is 5.69 Å². The maximum absolute atomic E-state index is 11.7. The van der Waals surface area contributed by atoms with Crippen molar-refractivity contribution >= 4 is 24.1 Å². The summed E-state index contributed by atoms with van der Waals surface area (Å²) in [5, 5.41) is 9.25. The Morgan fingerprint density at radius 3 is 2.36 bits per heavy atom. The number of carboxylic acids is 1. The zero-order valence-electron chi connectivity index (χ0n) is 8.02. The molecule has 5 heteroatoms. The average Bonchev–Trinajstić information content (AvgIpc) is 2.01. The Kier molecular flexibility index (Phi) is 2.67. The summed E-state index contributed by atoms with van der Waals surface area (Å²) in [6.45, 7) is 3.15. The summed E-state index contributed by atoms with van der Waals surface area (Å²) in [5.41, 5.74) is 5.91. The molecule has 0 heterocycles. The van der Waals surface area contributed by atoms with Crippen LogP contribution in [-0.4, -0.2) is 24.4 Å². The number of hydrogen-bond donors (Lipinski definition) is 2. The largest absolute Gasteiger partial charge is 0.478 e. The van der Waals surface area contributed by atoms with Crippen molar-refractivity contribution in [2.24, 2.45) is 0 Å². The summed E-state index contributed by atoms with van der Waals surface area (Å²) < 4.78 is 11.7. The third-order valence-electron chi connectivity index (χ3n) is 1.81. The smallest absolute Gasteiger partial charge is 0.335 e. The van der Waals surface area contributed by atoms with Gasteiger partial charge in [-0.3, -0.25) is 0 Å². The molecule has 14 heavy (non-hydrogen) atoms. The van der Waals surface area contributed by atoms with E-state index in [0.29, 0.717) is 11.0 Å². The molecule has 0 bridgehead atoms. The maximum Gasteiger partial charge on any atom is 0.335 e. The van der Waals surface area contributed by atoms with Crippen molar-refractivity contribution in [2.45, 2.75) is 0 Å². The summed E-state index contributed by atoms with van der Waals surface area (Å²) in [6.07, 6.45) is 0. The minimum Gasteiger partial charge on any atom is -0.478 e. The molecule has 0 aromatic heterocycles. The molecule has 1 aromatic rings. The van der Waals surface area contributed by atoms with E-state index in [4.69, 9.17) is 10.8 Å².